The van der Waals surface area contributed by atoms with Crippen LogP contribution in [0.4, 0.5) is 0 Å². The summed E-state index contributed by atoms with van der Waals surface area (Å²) in [6.45, 7) is 1.87. The van der Waals surface area contributed by atoms with E-state index in [0.717, 1.165) is 27.0 Å². The summed E-state index contributed by atoms with van der Waals surface area (Å²) >= 11 is 7.83. The van der Waals surface area contributed by atoms with Gasteiger partial charge in [-0.25, -0.2) is 4.98 Å². The molecule has 1 aliphatic heterocycles. The molecule has 4 aromatic rings. The maximum atomic E-state index is 13.0. The molecule has 1 unspecified atom stereocenters. The Bertz CT molecular complexity index is 1250. The average molecular weight is 419 g/mol. The zero-order chi connectivity index (χ0) is 20.1. The van der Waals surface area contributed by atoms with Crippen LogP contribution in [0.1, 0.15) is 39.2 Å². The summed E-state index contributed by atoms with van der Waals surface area (Å²) in [7, 11) is 0. The Kier molecular flexibility index (Phi) is 4.23. The second-order valence-corrected chi connectivity index (χ2v) is 8.24. The van der Waals surface area contributed by atoms with Crippen LogP contribution in [0, 0.1) is 0 Å². The number of pyridine rings is 1. The van der Waals surface area contributed by atoms with Crippen molar-refractivity contribution >= 4 is 45.0 Å². The fourth-order valence-electron chi connectivity index (χ4n) is 3.79. The number of amides is 2. The van der Waals surface area contributed by atoms with Gasteiger partial charge in [-0.05, 0) is 25.1 Å². The van der Waals surface area contributed by atoms with Gasteiger partial charge in [-0.1, -0.05) is 54.1 Å². The molecule has 6 heteroatoms. The second kappa shape index (κ2) is 6.79. The van der Waals surface area contributed by atoms with Gasteiger partial charge < -0.3 is 0 Å². The first kappa shape index (κ1) is 18.0. The lowest BCUT2D eigenvalue weighted by Crippen LogP contribution is -2.33. The van der Waals surface area contributed by atoms with E-state index in [1.54, 1.807) is 24.3 Å². The molecule has 0 saturated carbocycles. The van der Waals surface area contributed by atoms with Crippen LogP contribution < -0.4 is 0 Å². The van der Waals surface area contributed by atoms with E-state index in [0.29, 0.717) is 16.1 Å². The Morgan fingerprint density at radius 1 is 0.966 bits per heavy atom. The largest absolute Gasteiger partial charge is 0.269 e. The Labute approximate surface area is 176 Å². The third kappa shape index (κ3) is 2.77. The maximum Gasteiger partial charge on any atom is 0.262 e. The molecule has 1 aliphatic rings. The Morgan fingerprint density at radius 3 is 2.24 bits per heavy atom. The zero-order valence-electron chi connectivity index (χ0n) is 15.4. The van der Waals surface area contributed by atoms with Crippen molar-refractivity contribution in [1.82, 2.24) is 9.88 Å². The average Bonchev–Trinajstić information content (AvgIpc) is 3.24. The lowest BCUT2D eigenvalue weighted by molar-refractivity contribution is 0.0595. The monoisotopic (exact) mass is 418 g/mol. The van der Waals surface area contributed by atoms with Crippen LogP contribution in [0.25, 0.3) is 21.5 Å². The summed E-state index contributed by atoms with van der Waals surface area (Å²) in [6.07, 6.45) is 0. The van der Waals surface area contributed by atoms with Crippen molar-refractivity contribution in [1.29, 1.82) is 0 Å². The van der Waals surface area contributed by atoms with Gasteiger partial charge in [-0.3, -0.25) is 14.5 Å². The third-order valence-corrected chi connectivity index (χ3v) is 6.58. The second-order valence-electron chi connectivity index (χ2n) is 6.92. The molecular formula is C23H15ClN2O2S. The SMILES string of the molecule is CC(c1cc2scc(Cl)c2nc1-c1ccccc1)N1C(=O)c2ccccc2C1=O. The van der Waals surface area contributed by atoms with Crippen molar-refractivity contribution in [2.75, 3.05) is 0 Å². The molecule has 0 spiro atoms. The molecular weight excluding hydrogens is 404 g/mol. The highest BCUT2D eigenvalue weighted by molar-refractivity contribution is 7.17. The number of fused-ring (bicyclic) bond motifs is 2. The number of hydrogen-bond donors (Lipinski definition) is 0. The van der Waals surface area contributed by atoms with Crippen LogP contribution in [-0.4, -0.2) is 21.7 Å². The van der Waals surface area contributed by atoms with Crippen LogP contribution in [0.3, 0.4) is 0 Å². The van der Waals surface area contributed by atoms with E-state index < -0.39 is 6.04 Å². The minimum absolute atomic E-state index is 0.276. The summed E-state index contributed by atoms with van der Waals surface area (Å²) in [5, 5.41) is 2.45. The van der Waals surface area contributed by atoms with E-state index in [2.05, 4.69) is 0 Å². The Balaban J connectivity index is 1.69. The van der Waals surface area contributed by atoms with Gasteiger partial charge in [-0.15, -0.1) is 11.3 Å². The fraction of sp³-hybridized carbons (Fsp3) is 0.0870. The topological polar surface area (TPSA) is 50.3 Å². The highest BCUT2D eigenvalue weighted by atomic mass is 35.5. The van der Waals surface area contributed by atoms with Gasteiger partial charge in [0.15, 0.2) is 0 Å². The van der Waals surface area contributed by atoms with E-state index >= 15 is 0 Å². The number of carbonyl (C=O) groups is 2. The molecule has 2 amide bonds. The predicted molar refractivity (Wildman–Crippen MR) is 115 cm³/mol. The van der Waals surface area contributed by atoms with E-state index in [1.807, 2.05) is 48.7 Å². The number of thiophene rings is 1. The van der Waals surface area contributed by atoms with Gasteiger partial charge in [0.2, 0.25) is 0 Å². The number of carbonyl (C=O) groups excluding carboxylic acids is 2. The molecule has 0 saturated heterocycles. The van der Waals surface area contributed by atoms with E-state index in [-0.39, 0.29) is 11.8 Å². The molecule has 2 aromatic carbocycles. The molecule has 1 atom stereocenters. The molecule has 0 radical (unpaired) electrons. The molecule has 142 valence electrons. The number of rotatable bonds is 3. The van der Waals surface area contributed by atoms with Gasteiger partial charge in [0, 0.05) is 16.5 Å². The van der Waals surface area contributed by atoms with Crippen molar-refractivity contribution in [3.63, 3.8) is 0 Å². The summed E-state index contributed by atoms with van der Waals surface area (Å²) < 4.78 is 0.924. The molecule has 4 nitrogen and oxygen atoms in total. The molecule has 2 aromatic heterocycles. The van der Waals surface area contributed by atoms with Gasteiger partial charge in [0.05, 0.1) is 32.6 Å². The quantitative estimate of drug-likeness (QED) is 0.385. The highest BCUT2D eigenvalue weighted by Gasteiger charge is 2.39. The van der Waals surface area contributed by atoms with Crippen LogP contribution in [0.5, 0.6) is 0 Å². The molecule has 0 bridgehead atoms. The van der Waals surface area contributed by atoms with Gasteiger partial charge >= 0.3 is 0 Å². The predicted octanol–water partition coefficient (Wildman–Crippen LogP) is 5.97. The number of halogens is 1. The summed E-state index contributed by atoms with van der Waals surface area (Å²) in [5.41, 5.74) is 4.07. The maximum absolute atomic E-state index is 13.0. The molecule has 29 heavy (non-hydrogen) atoms. The highest BCUT2D eigenvalue weighted by Crippen LogP contribution is 2.39. The number of hydrogen-bond acceptors (Lipinski definition) is 4. The van der Waals surface area contributed by atoms with Crippen molar-refractivity contribution in [2.45, 2.75) is 13.0 Å². The van der Waals surface area contributed by atoms with Crippen molar-refractivity contribution < 1.29 is 9.59 Å². The van der Waals surface area contributed by atoms with E-state index in [4.69, 9.17) is 16.6 Å². The molecule has 5 rings (SSSR count). The third-order valence-electron chi connectivity index (χ3n) is 5.24. The number of nitrogens with zero attached hydrogens (tertiary/aromatic N) is 2. The summed E-state index contributed by atoms with van der Waals surface area (Å²) in [6, 6.07) is 18.2. The molecule has 0 N–H and O–H groups in total. The van der Waals surface area contributed by atoms with Crippen molar-refractivity contribution in [3.05, 3.63) is 87.8 Å². The van der Waals surface area contributed by atoms with Crippen LogP contribution in [0.15, 0.2) is 66.0 Å². The van der Waals surface area contributed by atoms with Crippen molar-refractivity contribution in [2.24, 2.45) is 0 Å². The van der Waals surface area contributed by atoms with Gasteiger partial charge in [-0.2, -0.15) is 0 Å². The minimum atomic E-state index is -0.476. The smallest absolute Gasteiger partial charge is 0.262 e. The first-order chi connectivity index (χ1) is 14.1. The standard InChI is InChI=1S/C23H15ClN2O2S/c1-13(26-22(27)15-9-5-6-10-16(15)23(26)28)17-11-19-21(18(24)12-29-19)25-20(17)14-7-3-2-4-8-14/h2-13H,1H3. The fourth-order valence-corrected chi connectivity index (χ4v) is 4.92. The van der Waals surface area contributed by atoms with Crippen LogP contribution >= 0.6 is 22.9 Å². The Hall–Kier alpha value is -3.02. The summed E-state index contributed by atoms with van der Waals surface area (Å²) in [5.74, 6) is -0.553. The van der Waals surface area contributed by atoms with Crippen molar-refractivity contribution in [3.8, 4) is 11.3 Å². The molecule has 0 aliphatic carbocycles. The number of benzene rings is 2. The van der Waals surface area contributed by atoms with Gasteiger partial charge in [0.25, 0.3) is 11.8 Å². The first-order valence-corrected chi connectivity index (χ1v) is 10.4. The summed E-state index contributed by atoms with van der Waals surface area (Å²) in [4.78, 5) is 32.2. The first-order valence-electron chi connectivity index (χ1n) is 9.16. The van der Waals surface area contributed by atoms with E-state index in [1.165, 1.54) is 16.2 Å². The normalized spacial score (nSPS) is 14.5. The zero-order valence-corrected chi connectivity index (χ0v) is 17.0. The van der Waals surface area contributed by atoms with Gasteiger partial charge in [0.1, 0.15) is 5.52 Å². The Morgan fingerprint density at radius 2 is 1.59 bits per heavy atom. The number of aromatic nitrogens is 1. The molecule has 0 fully saturated rings. The molecule has 3 heterocycles. The van der Waals surface area contributed by atoms with Crippen LogP contribution in [-0.2, 0) is 0 Å². The van der Waals surface area contributed by atoms with Crippen LogP contribution in [0.2, 0.25) is 5.02 Å². The lowest BCUT2D eigenvalue weighted by Gasteiger charge is -2.25. The van der Waals surface area contributed by atoms with E-state index in [9.17, 15) is 9.59 Å². The minimum Gasteiger partial charge on any atom is -0.269 e. The lowest BCUT2D eigenvalue weighted by atomic mass is 9.99. The number of imide groups is 1.